The number of nitro benzene ring substituents is 1. The van der Waals surface area contributed by atoms with Gasteiger partial charge in [-0.2, -0.15) is 0 Å². The zero-order chi connectivity index (χ0) is 28.9. The Morgan fingerprint density at radius 2 is 1.72 bits per heavy atom. The fourth-order valence-corrected chi connectivity index (χ4v) is 7.11. The standard InChI is InChI=1S/C23H25N5O9SSe/c24-16(23(34)35)9-10-19(29)27-17(22(33)25-11-20(30)31)12-38-39-18-4-2-1-3-15(18)21(32)26-13-5-7-14(8-6-13)28(36)37/h1-8,16-17H,9-12,24H2,(H,25,33)(H,26,32)(H,27,29)(H,30,31)(H,34,35)/t16-,17-/m1/s1. The van der Waals surface area contributed by atoms with E-state index in [1.165, 1.54) is 34.4 Å². The van der Waals surface area contributed by atoms with Crippen LogP contribution in [0.5, 0.6) is 0 Å². The van der Waals surface area contributed by atoms with Crippen molar-refractivity contribution in [2.75, 3.05) is 17.6 Å². The van der Waals surface area contributed by atoms with Gasteiger partial charge in [0.2, 0.25) is 0 Å². The molecule has 0 spiro atoms. The van der Waals surface area contributed by atoms with E-state index in [4.69, 9.17) is 15.9 Å². The number of hydrogen-bond donors (Lipinski definition) is 6. The third kappa shape index (κ3) is 10.7. The monoisotopic (exact) mass is 627 g/mol. The molecule has 39 heavy (non-hydrogen) atoms. The van der Waals surface area contributed by atoms with Gasteiger partial charge < -0.3 is 0 Å². The number of benzene rings is 2. The second kappa shape index (κ2) is 15.4. The van der Waals surface area contributed by atoms with Crippen molar-refractivity contribution in [1.29, 1.82) is 0 Å². The van der Waals surface area contributed by atoms with Gasteiger partial charge in [-0.15, -0.1) is 0 Å². The van der Waals surface area contributed by atoms with Crippen LogP contribution < -0.4 is 26.1 Å². The first-order valence-corrected chi connectivity index (χ1v) is 15.1. The van der Waals surface area contributed by atoms with Gasteiger partial charge in [0.1, 0.15) is 0 Å². The summed E-state index contributed by atoms with van der Waals surface area (Å²) in [5, 5.41) is 35.9. The maximum atomic E-state index is 12.9. The third-order valence-corrected chi connectivity index (χ3v) is 9.16. The van der Waals surface area contributed by atoms with Crippen molar-refractivity contribution in [2.24, 2.45) is 5.73 Å². The summed E-state index contributed by atoms with van der Waals surface area (Å²) < 4.78 is 0.665. The topological polar surface area (TPSA) is 231 Å². The Labute approximate surface area is 231 Å². The summed E-state index contributed by atoms with van der Waals surface area (Å²) in [6.07, 6.45) is -0.406. The summed E-state index contributed by atoms with van der Waals surface area (Å²) in [4.78, 5) is 69.6. The molecule has 0 radical (unpaired) electrons. The van der Waals surface area contributed by atoms with E-state index in [-0.39, 0.29) is 24.3 Å². The van der Waals surface area contributed by atoms with E-state index in [0.29, 0.717) is 15.7 Å². The number of aliphatic carboxylic acids is 2. The van der Waals surface area contributed by atoms with Crippen LogP contribution in [0.3, 0.4) is 0 Å². The molecular formula is C23H25N5O9SSe. The Bertz CT molecular complexity index is 1230. The van der Waals surface area contributed by atoms with Crippen molar-refractivity contribution < 1.29 is 39.1 Å². The minimum absolute atomic E-state index is 0.0421. The number of anilines is 1. The van der Waals surface area contributed by atoms with Crippen LogP contribution in [0.25, 0.3) is 0 Å². The molecule has 0 bridgehead atoms. The fraction of sp³-hybridized carbons (Fsp3) is 0.261. The Hall–Kier alpha value is -3.98. The molecule has 0 aliphatic rings. The summed E-state index contributed by atoms with van der Waals surface area (Å²) in [6.45, 7) is -0.656. The predicted octanol–water partition coefficient (Wildman–Crippen LogP) is -0.297. The number of rotatable bonds is 15. The van der Waals surface area contributed by atoms with Crippen LogP contribution in [0, 0.1) is 10.1 Å². The minimum atomic E-state index is -1.27. The summed E-state index contributed by atoms with van der Waals surface area (Å²) in [5.74, 6) is -4.31. The van der Waals surface area contributed by atoms with E-state index < -0.39 is 67.0 Å². The molecule has 0 saturated heterocycles. The molecule has 14 nitrogen and oxygen atoms in total. The van der Waals surface area contributed by atoms with Crippen molar-refractivity contribution >= 4 is 69.5 Å². The number of carboxylic acid groups (broad SMARTS) is 2. The van der Waals surface area contributed by atoms with Gasteiger partial charge in [0, 0.05) is 0 Å². The Morgan fingerprint density at radius 3 is 2.33 bits per heavy atom. The Balaban J connectivity index is 2.04. The molecule has 0 aliphatic carbocycles. The van der Waals surface area contributed by atoms with Crippen LogP contribution in [0.15, 0.2) is 48.5 Å². The SMILES string of the molecule is N[C@H](CCC(=O)N[C@H](CS[Se]c1ccccc1C(=O)Nc1ccc([N+](=O)[O-])cc1)C(=O)NCC(=O)O)C(=O)O. The van der Waals surface area contributed by atoms with Gasteiger partial charge in [-0.25, -0.2) is 0 Å². The van der Waals surface area contributed by atoms with Gasteiger partial charge >= 0.3 is 232 Å². The number of nitrogens with zero attached hydrogens (tertiary/aromatic N) is 1. The molecule has 16 heteroatoms. The molecule has 2 atom stereocenters. The quantitative estimate of drug-likeness (QED) is 0.0854. The summed E-state index contributed by atoms with van der Waals surface area (Å²) in [7, 11) is 1.26. The number of carbonyl (C=O) groups is 5. The van der Waals surface area contributed by atoms with Crippen LogP contribution in [-0.2, 0) is 19.2 Å². The van der Waals surface area contributed by atoms with Gasteiger partial charge in [-0.3, -0.25) is 0 Å². The third-order valence-electron chi connectivity index (χ3n) is 4.92. The van der Waals surface area contributed by atoms with Gasteiger partial charge in [0.25, 0.3) is 0 Å². The second-order valence-electron chi connectivity index (χ2n) is 7.84. The van der Waals surface area contributed by atoms with Crippen molar-refractivity contribution in [1.82, 2.24) is 10.6 Å². The summed E-state index contributed by atoms with van der Waals surface area (Å²) in [6, 6.07) is 9.69. The number of nitro groups is 1. The molecule has 0 saturated carbocycles. The number of amides is 3. The van der Waals surface area contributed by atoms with E-state index >= 15 is 0 Å². The van der Waals surface area contributed by atoms with Crippen molar-refractivity contribution in [2.45, 2.75) is 24.9 Å². The number of non-ortho nitro benzene ring substituents is 1. The van der Waals surface area contributed by atoms with E-state index in [1.807, 2.05) is 0 Å². The number of nitrogens with two attached hydrogens (primary N) is 1. The van der Waals surface area contributed by atoms with Crippen molar-refractivity contribution in [3.05, 3.63) is 64.2 Å². The number of nitrogens with one attached hydrogen (secondary N) is 3. The first-order chi connectivity index (χ1) is 18.5. The fourth-order valence-electron chi connectivity index (χ4n) is 2.90. The molecule has 0 fully saturated rings. The van der Waals surface area contributed by atoms with Crippen LogP contribution in [0.4, 0.5) is 11.4 Å². The summed E-state index contributed by atoms with van der Waals surface area (Å²) in [5.41, 5.74) is 5.99. The molecule has 3 amide bonds. The Kier molecular flexibility index (Phi) is 12.4. The first-order valence-electron chi connectivity index (χ1n) is 11.2. The zero-order valence-corrected chi connectivity index (χ0v) is 22.7. The Morgan fingerprint density at radius 1 is 1.05 bits per heavy atom. The van der Waals surface area contributed by atoms with Crippen LogP contribution in [-0.4, -0.2) is 83.0 Å². The molecule has 7 N–H and O–H groups in total. The zero-order valence-electron chi connectivity index (χ0n) is 20.2. The average molecular weight is 627 g/mol. The maximum absolute atomic E-state index is 12.9. The molecule has 0 aromatic heterocycles. The van der Waals surface area contributed by atoms with E-state index in [1.54, 1.807) is 24.3 Å². The second-order valence-corrected chi connectivity index (χ2v) is 12.0. The summed E-state index contributed by atoms with van der Waals surface area (Å²) >= 11 is -0.425. The van der Waals surface area contributed by atoms with Crippen molar-refractivity contribution in [3.8, 4) is 0 Å². The number of carbonyl (C=O) groups excluding carboxylic acids is 3. The molecule has 0 aliphatic heterocycles. The van der Waals surface area contributed by atoms with Crippen LogP contribution in [0.1, 0.15) is 23.2 Å². The molecule has 2 aromatic rings. The van der Waals surface area contributed by atoms with Crippen molar-refractivity contribution in [3.63, 3.8) is 0 Å². The predicted molar refractivity (Wildman–Crippen MR) is 143 cm³/mol. The van der Waals surface area contributed by atoms with Crippen LogP contribution in [0.2, 0.25) is 0 Å². The first kappa shape index (κ1) is 31.2. The van der Waals surface area contributed by atoms with Gasteiger partial charge in [0.15, 0.2) is 0 Å². The molecule has 208 valence electrons. The molecule has 2 aromatic carbocycles. The van der Waals surface area contributed by atoms with Gasteiger partial charge in [-0.05, 0) is 0 Å². The number of carboxylic acids is 2. The number of hydrogen-bond acceptors (Lipinski definition) is 9. The van der Waals surface area contributed by atoms with Crippen LogP contribution >= 0.6 is 10.2 Å². The van der Waals surface area contributed by atoms with E-state index in [2.05, 4.69) is 16.0 Å². The van der Waals surface area contributed by atoms with Gasteiger partial charge in [0.05, 0.1) is 0 Å². The normalized spacial score (nSPS) is 12.0. The molecule has 2 rings (SSSR count). The van der Waals surface area contributed by atoms with Gasteiger partial charge in [-0.1, -0.05) is 0 Å². The molecule has 0 heterocycles. The van der Waals surface area contributed by atoms with E-state index in [0.717, 1.165) is 0 Å². The van der Waals surface area contributed by atoms with E-state index in [9.17, 15) is 34.1 Å². The molecular weight excluding hydrogens is 601 g/mol. The average Bonchev–Trinajstić information content (AvgIpc) is 2.90. The molecule has 0 unspecified atom stereocenters.